The first-order chi connectivity index (χ1) is 10.0. The van der Waals surface area contributed by atoms with Crippen LogP contribution in [0.1, 0.15) is 12.0 Å². The van der Waals surface area contributed by atoms with Crippen LogP contribution in [0.25, 0.3) is 0 Å². The van der Waals surface area contributed by atoms with Crippen LogP contribution in [-0.4, -0.2) is 43.4 Å². The summed E-state index contributed by atoms with van der Waals surface area (Å²) in [4.78, 5) is 22.8. The number of amides is 2. The average molecular weight is 314 g/mol. The lowest BCUT2D eigenvalue weighted by Crippen LogP contribution is -2.38. The van der Waals surface area contributed by atoms with Crippen molar-refractivity contribution >= 4 is 29.6 Å². The van der Waals surface area contributed by atoms with Gasteiger partial charge in [-0.2, -0.15) is 5.10 Å². The number of nitrogens with one attached hydrogen (secondary N) is 2. The fourth-order valence-electron chi connectivity index (χ4n) is 1.34. The van der Waals surface area contributed by atoms with Gasteiger partial charge in [0.05, 0.1) is 6.21 Å². The highest BCUT2D eigenvalue weighted by Crippen LogP contribution is 2.19. The number of hydrogen-bond donors (Lipinski definition) is 3. The molecule has 0 atom stereocenters. The molecule has 1 aromatic rings. The third kappa shape index (κ3) is 6.24. The molecule has 7 nitrogen and oxygen atoms in total. The molecule has 0 spiro atoms. The summed E-state index contributed by atoms with van der Waals surface area (Å²) in [6.45, 7) is 0.826. The molecular weight excluding hydrogens is 298 g/mol. The maximum atomic E-state index is 11.4. The van der Waals surface area contributed by atoms with Gasteiger partial charge in [-0.05, 0) is 24.6 Å². The van der Waals surface area contributed by atoms with Crippen LogP contribution in [0.4, 0.5) is 0 Å². The number of halogens is 1. The Morgan fingerprint density at radius 2 is 2.19 bits per heavy atom. The second-order valence-electron chi connectivity index (χ2n) is 4.00. The highest BCUT2D eigenvalue weighted by Gasteiger charge is 2.11. The zero-order valence-electron chi connectivity index (χ0n) is 11.4. The fraction of sp³-hybridized carbons (Fsp3) is 0.308. The summed E-state index contributed by atoms with van der Waals surface area (Å²) in [5.41, 5.74) is 2.37. The van der Waals surface area contributed by atoms with Gasteiger partial charge in [0.1, 0.15) is 5.75 Å². The van der Waals surface area contributed by atoms with Crippen molar-refractivity contribution in [1.29, 1.82) is 0 Å². The van der Waals surface area contributed by atoms with E-state index in [2.05, 4.69) is 15.8 Å². The standard InChI is InChI=1S/C13H16ClN3O4/c1-21-6-2-5-15-12(19)13(20)17-16-8-9-7-10(14)3-4-11(9)18/h3-4,7-8,18H,2,5-6H2,1H3,(H,15,19)(H,17,20)/b16-8-. The lowest BCUT2D eigenvalue weighted by Gasteiger charge is -2.03. The molecule has 0 aromatic heterocycles. The number of carbonyl (C=O) groups is 2. The Morgan fingerprint density at radius 3 is 2.90 bits per heavy atom. The predicted octanol–water partition coefficient (Wildman–Crippen LogP) is 0.648. The molecule has 3 N–H and O–H groups in total. The van der Waals surface area contributed by atoms with Gasteiger partial charge in [-0.15, -0.1) is 0 Å². The summed E-state index contributed by atoms with van der Waals surface area (Å²) < 4.78 is 4.81. The zero-order valence-corrected chi connectivity index (χ0v) is 12.2. The molecule has 0 aliphatic rings. The minimum atomic E-state index is -0.898. The van der Waals surface area contributed by atoms with E-state index in [4.69, 9.17) is 16.3 Å². The van der Waals surface area contributed by atoms with Crippen LogP contribution in [0.2, 0.25) is 5.02 Å². The number of carbonyl (C=O) groups excluding carboxylic acids is 2. The highest BCUT2D eigenvalue weighted by atomic mass is 35.5. The molecular formula is C13H16ClN3O4. The lowest BCUT2D eigenvalue weighted by molar-refractivity contribution is -0.139. The molecule has 2 amide bonds. The molecule has 114 valence electrons. The minimum absolute atomic E-state index is 0.0404. The van der Waals surface area contributed by atoms with Gasteiger partial charge in [-0.1, -0.05) is 11.6 Å². The van der Waals surface area contributed by atoms with Crippen molar-refractivity contribution in [1.82, 2.24) is 10.7 Å². The number of benzene rings is 1. The van der Waals surface area contributed by atoms with Crippen LogP contribution >= 0.6 is 11.6 Å². The first-order valence-electron chi connectivity index (χ1n) is 6.13. The molecule has 1 rings (SSSR count). The quantitative estimate of drug-likeness (QED) is 0.311. The second-order valence-corrected chi connectivity index (χ2v) is 4.44. The van der Waals surface area contributed by atoms with E-state index in [1.807, 2.05) is 0 Å². The van der Waals surface area contributed by atoms with E-state index < -0.39 is 11.8 Å². The van der Waals surface area contributed by atoms with E-state index in [-0.39, 0.29) is 5.75 Å². The highest BCUT2D eigenvalue weighted by molar-refractivity contribution is 6.35. The van der Waals surface area contributed by atoms with Crippen molar-refractivity contribution in [2.75, 3.05) is 20.3 Å². The van der Waals surface area contributed by atoms with Crippen molar-refractivity contribution in [2.45, 2.75) is 6.42 Å². The van der Waals surface area contributed by atoms with Crippen LogP contribution in [0.15, 0.2) is 23.3 Å². The molecule has 0 saturated carbocycles. The Labute approximate surface area is 126 Å². The number of nitrogens with zero attached hydrogens (tertiary/aromatic N) is 1. The van der Waals surface area contributed by atoms with Crippen LogP contribution in [0, 0.1) is 0 Å². The number of rotatable bonds is 6. The van der Waals surface area contributed by atoms with E-state index >= 15 is 0 Å². The molecule has 0 bridgehead atoms. The Balaban J connectivity index is 2.43. The third-order valence-corrected chi connectivity index (χ3v) is 2.61. The van der Waals surface area contributed by atoms with Crippen molar-refractivity contribution in [3.05, 3.63) is 28.8 Å². The van der Waals surface area contributed by atoms with Crippen LogP contribution in [0.5, 0.6) is 5.75 Å². The smallest absolute Gasteiger partial charge is 0.329 e. The Hall–Kier alpha value is -2.12. The molecule has 0 aliphatic heterocycles. The molecule has 0 heterocycles. The maximum absolute atomic E-state index is 11.4. The van der Waals surface area contributed by atoms with Crippen molar-refractivity contribution in [3.8, 4) is 5.75 Å². The minimum Gasteiger partial charge on any atom is -0.507 e. The molecule has 8 heteroatoms. The van der Waals surface area contributed by atoms with Gasteiger partial charge >= 0.3 is 11.8 Å². The summed E-state index contributed by atoms with van der Waals surface area (Å²) in [6.07, 6.45) is 1.80. The molecule has 0 fully saturated rings. The first kappa shape index (κ1) is 16.9. The van der Waals surface area contributed by atoms with E-state index in [1.165, 1.54) is 24.4 Å². The number of hydrazone groups is 1. The van der Waals surface area contributed by atoms with Gasteiger partial charge < -0.3 is 15.2 Å². The van der Waals surface area contributed by atoms with Gasteiger partial charge in [0.15, 0.2) is 0 Å². The van der Waals surface area contributed by atoms with Crippen molar-refractivity contribution in [3.63, 3.8) is 0 Å². The van der Waals surface area contributed by atoms with E-state index in [0.717, 1.165) is 0 Å². The van der Waals surface area contributed by atoms with Crippen molar-refractivity contribution < 1.29 is 19.4 Å². The Morgan fingerprint density at radius 1 is 1.43 bits per heavy atom. The van der Waals surface area contributed by atoms with Crippen LogP contribution < -0.4 is 10.7 Å². The van der Waals surface area contributed by atoms with Crippen molar-refractivity contribution in [2.24, 2.45) is 5.10 Å². The molecule has 0 saturated heterocycles. The summed E-state index contributed by atoms with van der Waals surface area (Å²) in [5, 5.41) is 15.9. The Kier molecular flexibility index (Phi) is 7.20. The normalized spacial score (nSPS) is 10.6. The summed E-state index contributed by atoms with van der Waals surface area (Å²) in [6, 6.07) is 4.38. The number of ether oxygens (including phenoxy) is 1. The van der Waals surface area contributed by atoms with Crippen LogP contribution in [-0.2, 0) is 14.3 Å². The topological polar surface area (TPSA) is 100 Å². The fourth-order valence-corrected chi connectivity index (χ4v) is 1.52. The lowest BCUT2D eigenvalue weighted by atomic mass is 10.2. The second kappa shape index (κ2) is 8.93. The largest absolute Gasteiger partial charge is 0.507 e. The Bertz CT molecular complexity index is 534. The number of methoxy groups -OCH3 is 1. The summed E-state index contributed by atoms with van der Waals surface area (Å²) in [7, 11) is 1.55. The van der Waals surface area contributed by atoms with Gasteiger partial charge in [0, 0.05) is 30.8 Å². The molecule has 0 aliphatic carbocycles. The number of phenolic OH excluding ortho intramolecular Hbond substituents is 1. The first-order valence-corrected chi connectivity index (χ1v) is 6.51. The maximum Gasteiger partial charge on any atom is 0.329 e. The molecule has 0 unspecified atom stereocenters. The zero-order chi connectivity index (χ0) is 15.7. The number of hydrogen-bond acceptors (Lipinski definition) is 5. The molecule has 21 heavy (non-hydrogen) atoms. The van der Waals surface area contributed by atoms with E-state index in [0.29, 0.717) is 30.2 Å². The summed E-state index contributed by atoms with van der Waals surface area (Å²) >= 11 is 5.76. The number of phenols is 1. The summed E-state index contributed by atoms with van der Waals surface area (Å²) in [5.74, 6) is -1.73. The monoisotopic (exact) mass is 313 g/mol. The van der Waals surface area contributed by atoms with E-state index in [9.17, 15) is 14.7 Å². The van der Waals surface area contributed by atoms with Gasteiger partial charge in [-0.25, -0.2) is 5.43 Å². The van der Waals surface area contributed by atoms with Crippen LogP contribution in [0.3, 0.4) is 0 Å². The van der Waals surface area contributed by atoms with Gasteiger partial charge in [0.2, 0.25) is 0 Å². The SMILES string of the molecule is COCCCNC(=O)C(=O)N/N=C\c1cc(Cl)ccc1O. The molecule has 0 radical (unpaired) electrons. The third-order valence-electron chi connectivity index (χ3n) is 2.38. The number of aromatic hydroxyl groups is 1. The molecule has 1 aromatic carbocycles. The van der Waals surface area contributed by atoms with Gasteiger partial charge in [0.25, 0.3) is 0 Å². The van der Waals surface area contributed by atoms with Gasteiger partial charge in [-0.3, -0.25) is 9.59 Å². The average Bonchev–Trinajstić information content (AvgIpc) is 2.46. The predicted molar refractivity (Wildman–Crippen MR) is 78.4 cm³/mol. The van der Waals surface area contributed by atoms with E-state index in [1.54, 1.807) is 7.11 Å².